The van der Waals surface area contributed by atoms with Gasteiger partial charge in [0.1, 0.15) is 4.60 Å². The summed E-state index contributed by atoms with van der Waals surface area (Å²) in [5.74, 6) is 0.529. The predicted octanol–water partition coefficient (Wildman–Crippen LogP) is 3.60. The van der Waals surface area contributed by atoms with Crippen LogP contribution >= 0.6 is 15.9 Å². The molecule has 0 aliphatic heterocycles. The van der Waals surface area contributed by atoms with Gasteiger partial charge in [0.05, 0.1) is 11.4 Å². The quantitative estimate of drug-likeness (QED) is 0.933. The smallest absolute Gasteiger partial charge is 0.113 e. The molecule has 0 spiro atoms. The third kappa shape index (κ3) is 2.90. The van der Waals surface area contributed by atoms with Gasteiger partial charge in [-0.1, -0.05) is 26.0 Å². The van der Waals surface area contributed by atoms with Crippen LogP contribution in [0.15, 0.2) is 28.9 Å². The van der Waals surface area contributed by atoms with Gasteiger partial charge in [-0.3, -0.25) is 0 Å². The molecule has 0 aliphatic carbocycles. The number of aliphatic hydroxyl groups excluding tert-OH is 1. The average Bonchev–Trinajstić information content (AvgIpc) is 2.67. The molecular formula is C15H19BrN2O. The zero-order valence-electron chi connectivity index (χ0n) is 11.5. The van der Waals surface area contributed by atoms with Gasteiger partial charge >= 0.3 is 0 Å². The Hall–Kier alpha value is -1.13. The number of hydrogen-bond acceptors (Lipinski definition) is 2. The van der Waals surface area contributed by atoms with E-state index in [9.17, 15) is 0 Å². The first-order valence-corrected chi connectivity index (χ1v) is 7.29. The van der Waals surface area contributed by atoms with E-state index in [0.29, 0.717) is 12.3 Å². The lowest BCUT2D eigenvalue weighted by Crippen LogP contribution is -1.98. The summed E-state index contributed by atoms with van der Waals surface area (Å²) < 4.78 is 2.81. The van der Waals surface area contributed by atoms with Crippen LogP contribution in [-0.4, -0.2) is 21.5 Å². The number of benzene rings is 1. The molecule has 19 heavy (non-hydrogen) atoms. The van der Waals surface area contributed by atoms with E-state index < -0.39 is 0 Å². The summed E-state index contributed by atoms with van der Waals surface area (Å²) >= 11 is 3.58. The highest BCUT2D eigenvalue weighted by Gasteiger charge is 2.13. The zero-order valence-corrected chi connectivity index (χ0v) is 13.1. The third-order valence-electron chi connectivity index (χ3n) is 3.29. The third-order valence-corrected chi connectivity index (χ3v) is 4.10. The first-order valence-electron chi connectivity index (χ1n) is 6.49. The fourth-order valence-electron chi connectivity index (χ4n) is 2.10. The summed E-state index contributed by atoms with van der Waals surface area (Å²) in [5, 5.41) is 13.6. The Bertz CT molecular complexity index is 558. The van der Waals surface area contributed by atoms with E-state index >= 15 is 0 Å². The van der Waals surface area contributed by atoms with Gasteiger partial charge in [0.15, 0.2) is 0 Å². The molecule has 0 atom stereocenters. The second-order valence-corrected chi connectivity index (χ2v) is 5.74. The first kappa shape index (κ1) is 14.3. The van der Waals surface area contributed by atoms with Crippen LogP contribution in [-0.2, 0) is 6.42 Å². The van der Waals surface area contributed by atoms with Crippen LogP contribution < -0.4 is 0 Å². The molecule has 0 saturated heterocycles. The van der Waals surface area contributed by atoms with Crippen LogP contribution in [0.25, 0.3) is 5.69 Å². The fraction of sp³-hybridized carbons (Fsp3) is 0.400. The number of aryl methyl sites for hydroxylation is 1. The molecule has 1 aromatic heterocycles. The van der Waals surface area contributed by atoms with Crippen molar-refractivity contribution in [3.63, 3.8) is 0 Å². The first-order chi connectivity index (χ1) is 9.04. The van der Waals surface area contributed by atoms with Crippen molar-refractivity contribution in [2.45, 2.75) is 33.1 Å². The second-order valence-electron chi connectivity index (χ2n) is 4.99. The molecule has 0 fully saturated rings. The fourth-order valence-corrected chi connectivity index (χ4v) is 2.87. The Balaban J connectivity index is 2.39. The van der Waals surface area contributed by atoms with Crippen LogP contribution in [0.3, 0.4) is 0 Å². The largest absolute Gasteiger partial charge is 0.396 e. The Labute approximate surface area is 122 Å². The lowest BCUT2D eigenvalue weighted by molar-refractivity contribution is 0.299. The number of halogens is 1. The molecule has 2 aromatic rings. The van der Waals surface area contributed by atoms with Crippen LogP contribution in [0.5, 0.6) is 0 Å². The van der Waals surface area contributed by atoms with Crippen molar-refractivity contribution in [3.05, 3.63) is 45.7 Å². The van der Waals surface area contributed by atoms with Gasteiger partial charge in [0.2, 0.25) is 0 Å². The van der Waals surface area contributed by atoms with Crippen molar-refractivity contribution in [3.8, 4) is 5.69 Å². The maximum Gasteiger partial charge on any atom is 0.113 e. The number of aliphatic hydroxyl groups is 1. The normalized spacial score (nSPS) is 11.3. The maximum absolute atomic E-state index is 9.09. The summed E-state index contributed by atoms with van der Waals surface area (Å²) in [6, 6.07) is 8.43. The summed E-state index contributed by atoms with van der Waals surface area (Å²) in [7, 11) is 0. The average molecular weight is 323 g/mol. The van der Waals surface area contributed by atoms with E-state index in [-0.39, 0.29) is 6.61 Å². The summed E-state index contributed by atoms with van der Waals surface area (Å²) in [6.45, 7) is 6.47. The minimum Gasteiger partial charge on any atom is -0.396 e. The van der Waals surface area contributed by atoms with Crippen molar-refractivity contribution < 1.29 is 5.11 Å². The molecule has 0 saturated carbocycles. The predicted molar refractivity (Wildman–Crippen MR) is 80.9 cm³/mol. The zero-order chi connectivity index (χ0) is 14.0. The number of hydrogen-bond donors (Lipinski definition) is 1. The second kappa shape index (κ2) is 5.88. The number of aromatic nitrogens is 2. The van der Waals surface area contributed by atoms with Crippen LogP contribution in [0.2, 0.25) is 0 Å². The minimum atomic E-state index is 0.136. The van der Waals surface area contributed by atoms with E-state index in [1.165, 1.54) is 5.56 Å². The Morgan fingerprint density at radius 2 is 1.89 bits per heavy atom. The van der Waals surface area contributed by atoms with Crippen LogP contribution in [0, 0.1) is 6.92 Å². The van der Waals surface area contributed by atoms with Gasteiger partial charge in [0, 0.05) is 18.6 Å². The van der Waals surface area contributed by atoms with Gasteiger partial charge in [-0.2, -0.15) is 5.10 Å². The van der Waals surface area contributed by atoms with Gasteiger partial charge < -0.3 is 5.11 Å². The van der Waals surface area contributed by atoms with Crippen molar-refractivity contribution in [2.24, 2.45) is 0 Å². The molecule has 0 unspecified atom stereocenters. The van der Waals surface area contributed by atoms with E-state index in [4.69, 9.17) is 5.11 Å². The monoisotopic (exact) mass is 322 g/mol. The van der Waals surface area contributed by atoms with Gasteiger partial charge in [-0.15, -0.1) is 0 Å². The van der Waals surface area contributed by atoms with E-state index in [2.05, 4.69) is 59.1 Å². The van der Waals surface area contributed by atoms with Crippen molar-refractivity contribution >= 4 is 15.9 Å². The van der Waals surface area contributed by atoms with E-state index in [1.807, 2.05) is 11.6 Å². The standard InChI is InChI=1S/C15H19BrN2O/c1-10(2)12-4-6-13(7-5-12)18-15(16)14(8-9-19)11(3)17-18/h4-7,10,19H,8-9H2,1-3H3. The summed E-state index contributed by atoms with van der Waals surface area (Å²) in [6.07, 6.45) is 0.622. The van der Waals surface area contributed by atoms with Gasteiger partial charge in [0.25, 0.3) is 0 Å². The highest BCUT2D eigenvalue weighted by atomic mass is 79.9. The molecule has 0 amide bonds. The Morgan fingerprint density at radius 1 is 1.26 bits per heavy atom. The minimum absolute atomic E-state index is 0.136. The lowest BCUT2D eigenvalue weighted by Gasteiger charge is -2.08. The van der Waals surface area contributed by atoms with Crippen LogP contribution in [0.1, 0.15) is 36.6 Å². The maximum atomic E-state index is 9.09. The molecule has 1 N–H and O–H groups in total. The van der Waals surface area contributed by atoms with Crippen molar-refractivity contribution in [2.75, 3.05) is 6.61 Å². The van der Waals surface area contributed by atoms with Gasteiger partial charge in [-0.05, 0) is 46.5 Å². The highest BCUT2D eigenvalue weighted by molar-refractivity contribution is 9.10. The van der Waals surface area contributed by atoms with Crippen molar-refractivity contribution in [1.82, 2.24) is 9.78 Å². The molecule has 1 aromatic carbocycles. The molecular weight excluding hydrogens is 304 g/mol. The molecule has 0 bridgehead atoms. The SMILES string of the molecule is Cc1nn(-c2ccc(C(C)C)cc2)c(Br)c1CCO. The molecule has 2 rings (SSSR count). The summed E-state index contributed by atoms with van der Waals surface area (Å²) in [4.78, 5) is 0. The number of nitrogens with zero attached hydrogens (tertiary/aromatic N) is 2. The van der Waals surface area contributed by atoms with Crippen molar-refractivity contribution in [1.29, 1.82) is 0 Å². The lowest BCUT2D eigenvalue weighted by atomic mass is 10.0. The highest BCUT2D eigenvalue weighted by Crippen LogP contribution is 2.25. The molecule has 0 aliphatic rings. The molecule has 4 heteroatoms. The van der Waals surface area contributed by atoms with Gasteiger partial charge in [-0.25, -0.2) is 4.68 Å². The molecule has 3 nitrogen and oxygen atoms in total. The Morgan fingerprint density at radius 3 is 2.42 bits per heavy atom. The molecule has 0 radical (unpaired) electrons. The molecule has 1 heterocycles. The van der Waals surface area contributed by atoms with E-state index in [0.717, 1.165) is 21.5 Å². The Kier molecular flexibility index (Phi) is 4.42. The summed E-state index contributed by atoms with van der Waals surface area (Å²) in [5.41, 5.74) is 4.37. The number of rotatable bonds is 4. The topological polar surface area (TPSA) is 38.0 Å². The van der Waals surface area contributed by atoms with Crippen LogP contribution in [0.4, 0.5) is 0 Å². The van der Waals surface area contributed by atoms with E-state index in [1.54, 1.807) is 0 Å². The molecule has 102 valence electrons.